The van der Waals surface area contributed by atoms with Crippen LogP contribution in [0, 0.1) is 0 Å². The summed E-state index contributed by atoms with van der Waals surface area (Å²) in [6, 6.07) is 12.7. The van der Waals surface area contributed by atoms with E-state index in [1.165, 1.54) is 16.7 Å². The van der Waals surface area contributed by atoms with Crippen LogP contribution in [0.5, 0.6) is 0 Å². The normalized spacial score (nSPS) is 31.5. The molecule has 0 amide bonds. The summed E-state index contributed by atoms with van der Waals surface area (Å²) < 4.78 is 6.29. The van der Waals surface area contributed by atoms with Crippen molar-refractivity contribution in [2.24, 2.45) is 0 Å². The molecule has 2 atom stereocenters. The number of hydrogen-bond donors (Lipinski definition) is 0. The highest BCUT2D eigenvalue weighted by Gasteiger charge is 2.54. The average Bonchev–Trinajstić information content (AvgIpc) is 2.87. The van der Waals surface area contributed by atoms with Crippen LogP contribution in [0.3, 0.4) is 0 Å². The van der Waals surface area contributed by atoms with E-state index in [-0.39, 0.29) is 11.2 Å². The number of pyridine rings is 1. The smallest absolute Gasteiger partial charge is 0.0920 e. The van der Waals surface area contributed by atoms with E-state index in [2.05, 4.69) is 43.1 Å². The zero-order valence-corrected chi connectivity index (χ0v) is 11.3. The second-order valence-corrected chi connectivity index (χ2v) is 6.04. The van der Waals surface area contributed by atoms with E-state index in [9.17, 15) is 0 Å². The van der Waals surface area contributed by atoms with Crippen molar-refractivity contribution in [2.45, 2.75) is 37.9 Å². The highest BCUT2D eigenvalue weighted by atomic mass is 16.5. The molecule has 2 aliphatic heterocycles. The van der Waals surface area contributed by atoms with E-state index in [1.54, 1.807) is 0 Å². The summed E-state index contributed by atoms with van der Waals surface area (Å²) in [7, 11) is 0. The molecule has 2 nitrogen and oxygen atoms in total. The van der Waals surface area contributed by atoms with Gasteiger partial charge < -0.3 is 4.74 Å². The first-order valence-corrected chi connectivity index (χ1v) is 6.87. The predicted molar refractivity (Wildman–Crippen MR) is 74.7 cm³/mol. The van der Waals surface area contributed by atoms with Crippen molar-refractivity contribution in [1.82, 2.24) is 4.98 Å². The van der Waals surface area contributed by atoms with Gasteiger partial charge in [0.05, 0.1) is 16.9 Å². The molecule has 2 bridgehead atoms. The molecule has 2 unspecified atom stereocenters. The third kappa shape index (κ3) is 1.44. The van der Waals surface area contributed by atoms with Crippen LogP contribution in [0.2, 0.25) is 0 Å². The van der Waals surface area contributed by atoms with Crippen LogP contribution in [-0.4, -0.2) is 4.98 Å². The topological polar surface area (TPSA) is 22.1 Å². The van der Waals surface area contributed by atoms with Gasteiger partial charge in [-0.3, -0.25) is 4.98 Å². The van der Waals surface area contributed by atoms with Crippen molar-refractivity contribution < 1.29 is 4.74 Å². The lowest BCUT2D eigenvalue weighted by atomic mass is 9.77. The lowest BCUT2D eigenvalue weighted by Crippen LogP contribution is -2.17. The summed E-state index contributed by atoms with van der Waals surface area (Å²) in [5, 5.41) is 0. The Morgan fingerprint density at radius 2 is 1.79 bits per heavy atom. The highest BCUT2D eigenvalue weighted by molar-refractivity contribution is 5.63. The molecule has 0 saturated carbocycles. The van der Waals surface area contributed by atoms with E-state index in [0.29, 0.717) is 0 Å². The zero-order chi connectivity index (χ0) is 13.1. The Morgan fingerprint density at radius 1 is 1.00 bits per heavy atom. The predicted octanol–water partition coefficient (Wildman–Crippen LogP) is 4.00. The number of benzene rings is 1. The summed E-state index contributed by atoms with van der Waals surface area (Å²) in [5.74, 6) is 0. The van der Waals surface area contributed by atoms with Crippen molar-refractivity contribution in [3.8, 4) is 11.3 Å². The Kier molecular flexibility index (Phi) is 2.03. The van der Waals surface area contributed by atoms with Crippen LogP contribution < -0.4 is 0 Å². The molecule has 1 saturated heterocycles. The first kappa shape index (κ1) is 11.2. The Morgan fingerprint density at radius 3 is 2.53 bits per heavy atom. The summed E-state index contributed by atoms with van der Waals surface area (Å²) in [6.45, 7) is 4.43. The van der Waals surface area contributed by atoms with E-state index < -0.39 is 0 Å². The third-order valence-electron chi connectivity index (χ3n) is 4.65. The summed E-state index contributed by atoms with van der Waals surface area (Å²) in [5.41, 5.74) is 4.74. The van der Waals surface area contributed by atoms with Crippen LogP contribution in [0.15, 0.2) is 42.6 Å². The number of fused-ring (bicyclic) bond motifs is 5. The van der Waals surface area contributed by atoms with E-state index in [1.807, 2.05) is 18.3 Å². The van der Waals surface area contributed by atoms with Gasteiger partial charge in [-0.2, -0.15) is 0 Å². The second kappa shape index (κ2) is 3.45. The molecule has 96 valence electrons. The molecule has 4 rings (SSSR count). The molecule has 0 spiro atoms. The molecule has 19 heavy (non-hydrogen) atoms. The van der Waals surface area contributed by atoms with Crippen molar-refractivity contribution in [2.75, 3.05) is 0 Å². The maximum atomic E-state index is 6.29. The maximum Gasteiger partial charge on any atom is 0.0920 e. The number of ether oxygens (including phenoxy) is 1. The van der Waals surface area contributed by atoms with Gasteiger partial charge in [-0.1, -0.05) is 18.2 Å². The lowest BCUT2D eigenvalue weighted by Gasteiger charge is -2.23. The van der Waals surface area contributed by atoms with Gasteiger partial charge in [0, 0.05) is 11.8 Å². The highest BCUT2D eigenvalue weighted by Crippen LogP contribution is 2.58. The summed E-state index contributed by atoms with van der Waals surface area (Å²) in [6.07, 6.45) is 4.08. The van der Waals surface area contributed by atoms with Gasteiger partial charge in [-0.05, 0) is 56.0 Å². The Hall–Kier alpha value is -1.67. The summed E-state index contributed by atoms with van der Waals surface area (Å²) >= 11 is 0. The molecule has 0 aliphatic carbocycles. The molecule has 2 aromatic rings. The monoisotopic (exact) mass is 251 g/mol. The fraction of sp³-hybridized carbons (Fsp3) is 0.353. The van der Waals surface area contributed by atoms with Crippen molar-refractivity contribution in [1.29, 1.82) is 0 Å². The third-order valence-corrected chi connectivity index (χ3v) is 4.65. The number of nitrogens with zero attached hydrogens (tertiary/aromatic N) is 1. The van der Waals surface area contributed by atoms with Gasteiger partial charge in [0.25, 0.3) is 0 Å². The fourth-order valence-corrected chi connectivity index (χ4v) is 3.59. The first-order chi connectivity index (χ1) is 9.11. The SMILES string of the molecule is CC12CCC(C)(O1)c1cc(-c3ccccn3)ccc12. The lowest BCUT2D eigenvalue weighted by molar-refractivity contribution is -0.0662. The second-order valence-electron chi connectivity index (χ2n) is 6.04. The van der Waals surface area contributed by atoms with Crippen molar-refractivity contribution in [3.05, 3.63) is 53.7 Å². The van der Waals surface area contributed by atoms with Crippen molar-refractivity contribution >= 4 is 0 Å². The van der Waals surface area contributed by atoms with E-state index in [0.717, 1.165) is 18.5 Å². The number of aromatic nitrogens is 1. The largest absolute Gasteiger partial charge is 0.360 e. The van der Waals surface area contributed by atoms with Gasteiger partial charge in [0.15, 0.2) is 0 Å². The fourth-order valence-electron chi connectivity index (χ4n) is 3.59. The van der Waals surface area contributed by atoms with Gasteiger partial charge in [-0.15, -0.1) is 0 Å². The molecule has 2 heteroatoms. The van der Waals surface area contributed by atoms with Crippen LogP contribution in [0.1, 0.15) is 37.8 Å². The Balaban J connectivity index is 1.89. The van der Waals surface area contributed by atoms with Gasteiger partial charge in [-0.25, -0.2) is 0 Å². The number of rotatable bonds is 1. The van der Waals surface area contributed by atoms with Crippen LogP contribution in [0.4, 0.5) is 0 Å². The van der Waals surface area contributed by atoms with Gasteiger partial charge in [0.2, 0.25) is 0 Å². The first-order valence-electron chi connectivity index (χ1n) is 6.87. The minimum absolute atomic E-state index is 0.0767. The van der Waals surface area contributed by atoms with Gasteiger partial charge in [0.1, 0.15) is 0 Å². The molecule has 1 aromatic carbocycles. The van der Waals surface area contributed by atoms with E-state index >= 15 is 0 Å². The van der Waals surface area contributed by atoms with E-state index in [4.69, 9.17) is 4.74 Å². The molecule has 2 aliphatic rings. The molecular weight excluding hydrogens is 234 g/mol. The Bertz CT molecular complexity index is 652. The van der Waals surface area contributed by atoms with Gasteiger partial charge >= 0.3 is 0 Å². The standard InChI is InChI=1S/C17H17NO/c1-16-8-9-17(2,19-16)14-11-12(6-7-13(14)16)15-5-3-4-10-18-15/h3-7,10-11H,8-9H2,1-2H3. The number of hydrogen-bond acceptors (Lipinski definition) is 2. The van der Waals surface area contributed by atoms with Crippen LogP contribution >= 0.6 is 0 Å². The minimum Gasteiger partial charge on any atom is -0.360 e. The molecule has 3 heterocycles. The maximum absolute atomic E-state index is 6.29. The minimum atomic E-state index is -0.102. The molecule has 0 radical (unpaired) electrons. The average molecular weight is 251 g/mol. The molecule has 1 aromatic heterocycles. The quantitative estimate of drug-likeness (QED) is 0.764. The van der Waals surface area contributed by atoms with Crippen LogP contribution in [0.25, 0.3) is 11.3 Å². The Labute approximate surface area is 113 Å². The molecule has 1 fully saturated rings. The van der Waals surface area contributed by atoms with Crippen LogP contribution in [-0.2, 0) is 15.9 Å². The molecule has 0 N–H and O–H groups in total. The van der Waals surface area contributed by atoms with Crippen molar-refractivity contribution in [3.63, 3.8) is 0 Å². The zero-order valence-electron chi connectivity index (χ0n) is 11.3. The molecular formula is C17H17NO. The summed E-state index contributed by atoms with van der Waals surface area (Å²) in [4.78, 5) is 4.44.